The van der Waals surface area contributed by atoms with E-state index in [-0.39, 0.29) is 6.10 Å². The Morgan fingerprint density at radius 1 is 1.27 bits per heavy atom. The van der Waals surface area contributed by atoms with Crippen LogP contribution in [0.25, 0.3) is 0 Å². The van der Waals surface area contributed by atoms with Crippen LogP contribution in [-0.2, 0) is 4.74 Å². The van der Waals surface area contributed by atoms with Crippen LogP contribution in [0, 0.1) is 0 Å². The fourth-order valence-corrected chi connectivity index (χ4v) is 2.51. The van der Waals surface area contributed by atoms with Gasteiger partial charge in [0.25, 0.3) is 0 Å². The third kappa shape index (κ3) is 4.29. The van der Waals surface area contributed by atoms with Crippen molar-refractivity contribution in [2.45, 2.75) is 58.2 Å². The second kappa shape index (κ2) is 6.46. The first-order chi connectivity index (χ1) is 10.3. The van der Waals surface area contributed by atoms with Crippen LogP contribution in [0.4, 0.5) is 16.2 Å². The molecule has 22 heavy (non-hydrogen) atoms. The highest BCUT2D eigenvalue weighted by Gasteiger charge is 2.23. The molecule has 0 bridgehead atoms. The highest BCUT2D eigenvalue weighted by molar-refractivity contribution is 5.91. The van der Waals surface area contributed by atoms with E-state index in [9.17, 15) is 4.79 Å². The molecule has 0 aliphatic heterocycles. The molecule has 0 aromatic heterocycles. The molecule has 5 heteroatoms. The summed E-state index contributed by atoms with van der Waals surface area (Å²) in [7, 11) is 1.65. The largest absolute Gasteiger partial charge is 0.490 e. The minimum absolute atomic E-state index is 0.267. The third-order valence-corrected chi connectivity index (χ3v) is 3.64. The summed E-state index contributed by atoms with van der Waals surface area (Å²) in [5, 5.41) is 0. The van der Waals surface area contributed by atoms with Gasteiger partial charge in [-0.15, -0.1) is 0 Å². The number of rotatable bonds is 3. The zero-order valence-electron chi connectivity index (χ0n) is 13.9. The average molecular weight is 306 g/mol. The van der Waals surface area contributed by atoms with E-state index in [1.165, 1.54) is 17.7 Å². The first kappa shape index (κ1) is 16.5. The number of nitrogens with two attached hydrogens (primary N) is 1. The first-order valence-electron chi connectivity index (χ1n) is 7.79. The lowest BCUT2D eigenvalue weighted by atomic mass is 10.2. The highest BCUT2D eigenvalue weighted by Crippen LogP contribution is 2.31. The quantitative estimate of drug-likeness (QED) is 0.858. The topological polar surface area (TPSA) is 64.8 Å². The van der Waals surface area contributed by atoms with Crippen molar-refractivity contribution in [1.82, 2.24) is 0 Å². The molecule has 1 aliphatic carbocycles. The molecule has 2 rings (SSSR count). The Morgan fingerprint density at radius 3 is 2.50 bits per heavy atom. The monoisotopic (exact) mass is 306 g/mol. The van der Waals surface area contributed by atoms with Gasteiger partial charge in [0, 0.05) is 13.1 Å². The Bertz CT molecular complexity index is 531. The molecule has 1 saturated carbocycles. The minimum atomic E-state index is -0.544. The fraction of sp³-hybridized carbons (Fsp3) is 0.588. The van der Waals surface area contributed by atoms with Gasteiger partial charge in [-0.3, -0.25) is 4.90 Å². The fourth-order valence-electron chi connectivity index (χ4n) is 2.51. The maximum Gasteiger partial charge on any atom is 0.414 e. The maximum absolute atomic E-state index is 12.2. The second-order valence-electron chi connectivity index (χ2n) is 6.78. The van der Waals surface area contributed by atoms with Gasteiger partial charge in [-0.2, -0.15) is 0 Å². The standard InChI is InChI=1S/C17H26N2O3/c1-17(2,3)22-16(20)19(4)15-11-13(9-10-14(15)18)21-12-7-5-6-8-12/h9-12H,5-8,18H2,1-4H3. The van der Waals surface area contributed by atoms with E-state index in [1.807, 2.05) is 26.8 Å². The van der Waals surface area contributed by atoms with Gasteiger partial charge in [0.05, 0.1) is 17.5 Å². The predicted molar refractivity (Wildman–Crippen MR) is 88.4 cm³/mol. The third-order valence-electron chi connectivity index (χ3n) is 3.64. The summed E-state index contributed by atoms with van der Waals surface area (Å²) in [4.78, 5) is 13.6. The van der Waals surface area contributed by atoms with Gasteiger partial charge in [-0.1, -0.05) is 0 Å². The molecule has 1 aromatic rings. The van der Waals surface area contributed by atoms with Crippen LogP contribution in [0.1, 0.15) is 46.5 Å². The van der Waals surface area contributed by atoms with E-state index in [0.717, 1.165) is 18.6 Å². The number of carbonyl (C=O) groups is 1. The zero-order valence-corrected chi connectivity index (χ0v) is 13.9. The van der Waals surface area contributed by atoms with E-state index >= 15 is 0 Å². The van der Waals surface area contributed by atoms with Crippen molar-refractivity contribution in [3.05, 3.63) is 18.2 Å². The number of hydrogen-bond acceptors (Lipinski definition) is 4. The summed E-state index contributed by atoms with van der Waals surface area (Å²) in [6.45, 7) is 5.51. The lowest BCUT2D eigenvalue weighted by Crippen LogP contribution is -2.34. The Balaban J connectivity index is 2.13. The number of nitrogens with zero attached hydrogens (tertiary/aromatic N) is 1. The van der Waals surface area contributed by atoms with Crippen LogP contribution in [-0.4, -0.2) is 24.8 Å². The number of benzene rings is 1. The molecule has 1 amide bonds. The van der Waals surface area contributed by atoms with Crippen molar-refractivity contribution in [3.8, 4) is 5.75 Å². The van der Waals surface area contributed by atoms with Crippen LogP contribution in [0.15, 0.2) is 18.2 Å². The van der Waals surface area contributed by atoms with E-state index in [0.29, 0.717) is 11.4 Å². The van der Waals surface area contributed by atoms with Gasteiger partial charge in [0.1, 0.15) is 11.4 Å². The molecule has 2 N–H and O–H groups in total. The molecule has 0 saturated heterocycles. The molecular formula is C17H26N2O3. The van der Waals surface area contributed by atoms with E-state index in [1.54, 1.807) is 19.2 Å². The summed E-state index contributed by atoms with van der Waals surface area (Å²) in [5.41, 5.74) is 6.57. The molecule has 0 heterocycles. The Hall–Kier alpha value is -1.91. The SMILES string of the molecule is CN(C(=O)OC(C)(C)C)c1cc(OC2CCCC2)ccc1N. The summed E-state index contributed by atoms with van der Waals surface area (Å²) in [6, 6.07) is 5.41. The second-order valence-corrected chi connectivity index (χ2v) is 6.78. The summed E-state index contributed by atoms with van der Waals surface area (Å²) >= 11 is 0. The van der Waals surface area contributed by atoms with Gasteiger partial charge in [-0.25, -0.2) is 4.79 Å². The van der Waals surface area contributed by atoms with Crippen molar-refractivity contribution in [2.75, 3.05) is 17.7 Å². The van der Waals surface area contributed by atoms with Gasteiger partial charge >= 0.3 is 6.09 Å². The Morgan fingerprint density at radius 2 is 1.91 bits per heavy atom. The zero-order chi connectivity index (χ0) is 16.3. The maximum atomic E-state index is 12.2. The molecule has 1 fully saturated rings. The van der Waals surface area contributed by atoms with Gasteiger partial charge in [0.2, 0.25) is 0 Å². The number of hydrogen-bond donors (Lipinski definition) is 1. The molecule has 0 atom stereocenters. The van der Waals surface area contributed by atoms with Crippen molar-refractivity contribution in [2.24, 2.45) is 0 Å². The van der Waals surface area contributed by atoms with Crippen molar-refractivity contribution >= 4 is 17.5 Å². The number of ether oxygens (including phenoxy) is 2. The van der Waals surface area contributed by atoms with Crippen LogP contribution in [0.2, 0.25) is 0 Å². The molecule has 0 radical (unpaired) electrons. The Labute approximate surface area is 132 Å². The van der Waals surface area contributed by atoms with E-state index < -0.39 is 11.7 Å². The average Bonchev–Trinajstić information content (AvgIpc) is 2.91. The predicted octanol–water partition coefficient (Wildman–Crippen LogP) is 3.96. The van der Waals surface area contributed by atoms with Crippen LogP contribution in [0.5, 0.6) is 5.75 Å². The molecule has 5 nitrogen and oxygen atoms in total. The minimum Gasteiger partial charge on any atom is -0.490 e. The first-order valence-corrected chi connectivity index (χ1v) is 7.79. The van der Waals surface area contributed by atoms with Gasteiger partial charge in [-0.05, 0) is 58.6 Å². The lowest BCUT2D eigenvalue weighted by molar-refractivity contribution is 0.0589. The summed E-state index contributed by atoms with van der Waals surface area (Å²) in [5.74, 6) is 0.742. The smallest absolute Gasteiger partial charge is 0.414 e. The van der Waals surface area contributed by atoms with E-state index in [2.05, 4.69) is 0 Å². The molecule has 0 unspecified atom stereocenters. The van der Waals surface area contributed by atoms with E-state index in [4.69, 9.17) is 15.2 Å². The van der Waals surface area contributed by atoms with Gasteiger partial charge in [0.15, 0.2) is 0 Å². The number of anilines is 2. The lowest BCUT2D eigenvalue weighted by Gasteiger charge is -2.26. The summed E-state index contributed by atoms with van der Waals surface area (Å²) < 4.78 is 11.3. The Kier molecular flexibility index (Phi) is 4.84. The van der Waals surface area contributed by atoms with Crippen LogP contribution in [0.3, 0.4) is 0 Å². The summed E-state index contributed by atoms with van der Waals surface area (Å²) in [6.07, 6.45) is 4.43. The van der Waals surface area contributed by atoms with Crippen molar-refractivity contribution < 1.29 is 14.3 Å². The number of amides is 1. The molecular weight excluding hydrogens is 280 g/mol. The van der Waals surface area contributed by atoms with Crippen LogP contribution >= 0.6 is 0 Å². The molecule has 1 aliphatic rings. The molecule has 1 aromatic carbocycles. The van der Waals surface area contributed by atoms with Gasteiger partial charge < -0.3 is 15.2 Å². The van der Waals surface area contributed by atoms with Crippen molar-refractivity contribution in [1.29, 1.82) is 0 Å². The highest BCUT2D eigenvalue weighted by atomic mass is 16.6. The molecule has 122 valence electrons. The number of carbonyl (C=O) groups excluding carboxylic acids is 1. The number of nitrogen functional groups attached to an aromatic ring is 1. The van der Waals surface area contributed by atoms with Crippen molar-refractivity contribution in [3.63, 3.8) is 0 Å². The van der Waals surface area contributed by atoms with Crippen LogP contribution < -0.4 is 15.4 Å². The molecule has 0 spiro atoms. The normalized spacial score (nSPS) is 15.6.